The van der Waals surface area contributed by atoms with E-state index in [4.69, 9.17) is 10.3 Å². The molecule has 2 heterocycles. The summed E-state index contributed by atoms with van der Waals surface area (Å²) in [6, 6.07) is 1.69. The second kappa shape index (κ2) is 5.09. The highest BCUT2D eigenvalue weighted by Crippen LogP contribution is 2.15. The highest BCUT2D eigenvalue weighted by atomic mass is 32.2. The molecule has 0 radical (unpaired) electrons. The molecule has 1 aromatic heterocycles. The summed E-state index contributed by atoms with van der Waals surface area (Å²) in [5.74, 6) is 5.05. The van der Waals surface area contributed by atoms with E-state index in [1.807, 2.05) is 10.3 Å². The molecule has 0 aliphatic carbocycles. The number of hydrazine groups is 1. The van der Waals surface area contributed by atoms with Crippen molar-refractivity contribution in [1.29, 1.82) is 0 Å². The molecule has 0 atom stereocenters. The number of carbonyl (C=O) groups excluding carboxylic acids is 1. The molecule has 0 unspecified atom stereocenters. The lowest BCUT2D eigenvalue weighted by Gasteiger charge is -2.26. The zero-order valence-electron chi connectivity index (χ0n) is 9.76. The number of hydrogen-bond acceptors (Lipinski definition) is 6. The zero-order valence-corrected chi connectivity index (χ0v) is 10.6. The molecule has 100 valence electrons. The van der Waals surface area contributed by atoms with Crippen molar-refractivity contribution in [1.82, 2.24) is 10.3 Å². The van der Waals surface area contributed by atoms with E-state index in [0.717, 1.165) is 0 Å². The summed E-state index contributed by atoms with van der Waals surface area (Å²) in [6.45, 7) is 1.42. The van der Waals surface area contributed by atoms with E-state index in [-0.39, 0.29) is 17.3 Å². The Labute approximate surface area is 105 Å². The fourth-order valence-corrected chi connectivity index (χ4v) is 3.15. The lowest BCUT2D eigenvalue weighted by atomic mass is 10.2. The normalized spacial score (nSPS) is 19.6. The van der Waals surface area contributed by atoms with E-state index < -0.39 is 15.7 Å². The van der Waals surface area contributed by atoms with Gasteiger partial charge in [0.2, 0.25) is 0 Å². The summed E-state index contributed by atoms with van der Waals surface area (Å²) < 4.78 is 27.7. The van der Waals surface area contributed by atoms with Crippen LogP contribution in [-0.4, -0.2) is 43.8 Å². The van der Waals surface area contributed by atoms with Crippen LogP contribution in [0.15, 0.2) is 16.7 Å². The Hall–Kier alpha value is -1.38. The van der Waals surface area contributed by atoms with E-state index in [1.165, 1.54) is 6.26 Å². The predicted octanol–water partition coefficient (Wildman–Crippen LogP) is -0.887. The fraction of sp³-hybridized carbons (Fsp3) is 0.500. The van der Waals surface area contributed by atoms with Gasteiger partial charge in [0.1, 0.15) is 0 Å². The summed E-state index contributed by atoms with van der Waals surface area (Å²) in [5, 5.41) is 0. The van der Waals surface area contributed by atoms with Crippen LogP contribution < -0.4 is 11.3 Å². The highest BCUT2D eigenvalue weighted by Gasteiger charge is 2.23. The molecule has 0 saturated carbocycles. The monoisotopic (exact) mass is 273 g/mol. The molecule has 1 fully saturated rings. The molecule has 0 aromatic carbocycles. The largest absolute Gasteiger partial charge is 0.459 e. The average Bonchev–Trinajstić information content (AvgIpc) is 2.79. The number of sulfone groups is 1. The lowest BCUT2D eigenvalue weighted by molar-refractivity contribution is 0.0923. The van der Waals surface area contributed by atoms with Crippen molar-refractivity contribution in [2.45, 2.75) is 6.54 Å². The molecule has 3 N–H and O–H groups in total. The van der Waals surface area contributed by atoms with Crippen molar-refractivity contribution < 1.29 is 17.6 Å². The van der Waals surface area contributed by atoms with Crippen LogP contribution >= 0.6 is 0 Å². The molecule has 1 amide bonds. The first-order valence-corrected chi connectivity index (χ1v) is 7.34. The molecular weight excluding hydrogens is 258 g/mol. The summed E-state index contributed by atoms with van der Waals surface area (Å²) in [4.78, 5) is 13.4. The SMILES string of the molecule is NNC(=O)c1occc1CN1CCS(=O)(=O)CC1. The molecular formula is C10H15N3O4S. The van der Waals surface area contributed by atoms with Crippen molar-refractivity contribution in [3.63, 3.8) is 0 Å². The van der Waals surface area contributed by atoms with Crippen LogP contribution in [0, 0.1) is 0 Å². The molecule has 0 spiro atoms. The number of hydrogen-bond donors (Lipinski definition) is 2. The molecule has 1 aliphatic heterocycles. The van der Waals surface area contributed by atoms with Crippen molar-refractivity contribution >= 4 is 15.7 Å². The van der Waals surface area contributed by atoms with Gasteiger partial charge in [-0.2, -0.15) is 0 Å². The topological polar surface area (TPSA) is 106 Å². The number of rotatable bonds is 3. The van der Waals surface area contributed by atoms with Crippen LogP contribution in [0.4, 0.5) is 0 Å². The number of nitrogens with two attached hydrogens (primary N) is 1. The first kappa shape index (κ1) is 13.1. The van der Waals surface area contributed by atoms with Gasteiger partial charge in [-0.25, -0.2) is 14.3 Å². The van der Waals surface area contributed by atoms with Gasteiger partial charge in [0.05, 0.1) is 17.8 Å². The van der Waals surface area contributed by atoms with Gasteiger partial charge in [-0.05, 0) is 6.07 Å². The van der Waals surface area contributed by atoms with Crippen LogP contribution in [-0.2, 0) is 16.4 Å². The Morgan fingerprint density at radius 2 is 2.11 bits per heavy atom. The van der Waals surface area contributed by atoms with Gasteiger partial charge in [-0.3, -0.25) is 15.1 Å². The summed E-state index contributed by atoms with van der Waals surface area (Å²) in [5.41, 5.74) is 2.72. The van der Waals surface area contributed by atoms with Gasteiger partial charge in [-0.1, -0.05) is 0 Å². The third-order valence-corrected chi connectivity index (χ3v) is 4.52. The molecule has 8 heteroatoms. The number of amides is 1. The fourth-order valence-electron chi connectivity index (χ4n) is 1.87. The Bertz CT molecular complexity index is 523. The molecule has 1 aliphatic rings. The Morgan fingerprint density at radius 3 is 2.72 bits per heavy atom. The maximum atomic E-state index is 11.4. The van der Waals surface area contributed by atoms with Crippen molar-refractivity contribution in [2.75, 3.05) is 24.6 Å². The maximum Gasteiger partial charge on any atom is 0.301 e. The first-order chi connectivity index (χ1) is 8.52. The lowest BCUT2D eigenvalue weighted by Crippen LogP contribution is -2.40. The standard InChI is InChI=1S/C10H15N3O4S/c11-12-10(14)9-8(1-4-17-9)7-13-2-5-18(15,16)6-3-13/h1,4H,2-3,5-7,11H2,(H,12,14). The number of nitrogen functional groups attached to an aromatic ring is 1. The Balaban J connectivity index is 2.03. The second-order valence-corrected chi connectivity index (χ2v) is 6.48. The number of furan rings is 1. The minimum absolute atomic E-state index is 0.156. The number of nitrogens with one attached hydrogen (secondary N) is 1. The predicted molar refractivity (Wildman–Crippen MR) is 64.3 cm³/mol. The van der Waals surface area contributed by atoms with Crippen LogP contribution in [0.3, 0.4) is 0 Å². The van der Waals surface area contributed by atoms with Crippen molar-refractivity contribution in [3.8, 4) is 0 Å². The van der Waals surface area contributed by atoms with Gasteiger partial charge < -0.3 is 4.42 Å². The Morgan fingerprint density at radius 1 is 1.44 bits per heavy atom. The summed E-state index contributed by atoms with van der Waals surface area (Å²) in [7, 11) is -2.89. The second-order valence-electron chi connectivity index (χ2n) is 4.18. The summed E-state index contributed by atoms with van der Waals surface area (Å²) in [6.07, 6.45) is 1.42. The average molecular weight is 273 g/mol. The van der Waals surface area contributed by atoms with Gasteiger partial charge in [0, 0.05) is 25.2 Å². The van der Waals surface area contributed by atoms with Crippen LogP contribution in [0.25, 0.3) is 0 Å². The molecule has 7 nitrogen and oxygen atoms in total. The molecule has 0 bridgehead atoms. The molecule has 1 aromatic rings. The van der Waals surface area contributed by atoms with Crippen molar-refractivity contribution in [2.24, 2.45) is 5.84 Å². The third kappa shape index (κ3) is 2.89. The minimum Gasteiger partial charge on any atom is -0.459 e. The van der Waals surface area contributed by atoms with Crippen LogP contribution in [0.2, 0.25) is 0 Å². The maximum absolute atomic E-state index is 11.4. The van der Waals surface area contributed by atoms with Crippen LogP contribution in [0.1, 0.15) is 16.1 Å². The quantitative estimate of drug-likeness (QED) is 0.420. The van der Waals surface area contributed by atoms with Crippen LogP contribution in [0.5, 0.6) is 0 Å². The van der Waals surface area contributed by atoms with Gasteiger partial charge in [-0.15, -0.1) is 0 Å². The number of carbonyl (C=O) groups is 1. The van der Waals surface area contributed by atoms with E-state index in [9.17, 15) is 13.2 Å². The van der Waals surface area contributed by atoms with E-state index in [1.54, 1.807) is 6.07 Å². The smallest absolute Gasteiger partial charge is 0.301 e. The molecule has 2 rings (SSSR count). The van der Waals surface area contributed by atoms with E-state index in [2.05, 4.69) is 0 Å². The molecule has 1 saturated heterocycles. The first-order valence-electron chi connectivity index (χ1n) is 5.52. The highest BCUT2D eigenvalue weighted by molar-refractivity contribution is 7.91. The third-order valence-electron chi connectivity index (χ3n) is 2.92. The Kier molecular flexibility index (Phi) is 3.69. The van der Waals surface area contributed by atoms with Gasteiger partial charge >= 0.3 is 5.91 Å². The van der Waals surface area contributed by atoms with Gasteiger partial charge in [0.15, 0.2) is 15.6 Å². The number of nitrogens with zero attached hydrogens (tertiary/aromatic N) is 1. The van der Waals surface area contributed by atoms with E-state index >= 15 is 0 Å². The molecule has 18 heavy (non-hydrogen) atoms. The van der Waals surface area contributed by atoms with Crippen molar-refractivity contribution in [3.05, 3.63) is 23.7 Å². The van der Waals surface area contributed by atoms with E-state index in [0.29, 0.717) is 25.2 Å². The summed E-state index contributed by atoms with van der Waals surface area (Å²) >= 11 is 0. The minimum atomic E-state index is -2.89. The van der Waals surface area contributed by atoms with Gasteiger partial charge in [0.25, 0.3) is 0 Å². The zero-order chi connectivity index (χ0) is 13.2.